The highest BCUT2D eigenvalue weighted by Gasteiger charge is 2.19. The minimum absolute atomic E-state index is 0.325. The SMILES string of the molecule is CCNC(=NCc1ccc(CN(C)C(=O)OC(C)(C)C)cc1)NCC(C)Cn1cccn1. The topological polar surface area (TPSA) is 83.8 Å². The Bertz CT molecular complexity index is 840. The lowest BCUT2D eigenvalue weighted by Crippen LogP contribution is -2.40. The summed E-state index contributed by atoms with van der Waals surface area (Å²) in [6.07, 6.45) is 3.45. The van der Waals surface area contributed by atoms with Gasteiger partial charge in [-0.05, 0) is 50.8 Å². The molecule has 0 saturated carbocycles. The van der Waals surface area contributed by atoms with Crippen molar-refractivity contribution in [1.82, 2.24) is 25.3 Å². The fourth-order valence-corrected chi connectivity index (χ4v) is 3.00. The van der Waals surface area contributed by atoms with Crippen LogP contribution >= 0.6 is 0 Å². The quantitative estimate of drug-likeness (QED) is 0.458. The number of guanidine groups is 1. The van der Waals surface area contributed by atoms with Crippen molar-refractivity contribution < 1.29 is 9.53 Å². The Morgan fingerprint density at radius 1 is 1.22 bits per heavy atom. The van der Waals surface area contributed by atoms with Crippen molar-refractivity contribution in [3.63, 3.8) is 0 Å². The highest BCUT2D eigenvalue weighted by atomic mass is 16.6. The molecule has 0 aliphatic heterocycles. The predicted molar refractivity (Wildman–Crippen MR) is 128 cm³/mol. The van der Waals surface area contributed by atoms with Gasteiger partial charge < -0.3 is 20.3 Å². The Kier molecular flexibility index (Phi) is 9.56. The first-order valence-electron chi connectivity index (χ1n) is 11.2. The number of aliphatic imine (C=N–C) groups is 1. The van der Waals surface area contributed by atoms with E-state index in [1.165, 1.54) is 0 Å². The summed E-state index contributed by atoms with van der Waals surface area (Å²) in [5.41, 5.74) is 1.65. The first-order chi connectivity index (χ1) is 15.2. The predicted octanol–water partition coefficient (Wildman–Crippen LogP) is 3.64. The summed E-state index contributed by atoms with van der Waals surface area (Å²) in [6, 6.07) is 10.1. The van der Waals surface area contributed by atoms with Gasteiger partial charge in [-0.2, -0.15) is 5.10 Å². The number of aromatic nitrogens is 2. The lowest BCUT2D eigenvalue weighted by Gasteiger charge is -2.24. The molecule has 1 heterocycles. The summed E-state index contributed by atoms with van der Waals surface area (Å²) in [7, 11) is 1.74. The second kappa shape index (κ2) is 12.1. The smallest absolute Gasteiger partial charge is 0.410 e. The van der Waals surface area contributed by atoms with Crippen LogP contribution in [0.4, 0.5) is 4.79 Å². The largest absolute Gasteiger partial charge is 0.444 e. The maximum absolute atomic E-state index is 12.1. The monoisotopic (exact) mass is 442 g/mol. The van der Waals surface area contributed by atoms with Crippen LogP contribution in [0.1, 0.15) is 45.7 Å². The number of carbonyl (C=O) groups excluding carboxylic acids is 1. The number of ether oxygens (including phenoxy) is 1. The molecule has 2 rings (SSSR count). The molecular weight excluding hydrogens is 404 g/mol. The zero-order valence-corrected chi connectivity index (χ0v) is 20.3. The van der Waals surface area contributed by atoms with E-state index in [4.69, 9.17) is 9.73 Å². The molecule has 2 aromatic rings. The summed E-state index contributed by atoms with van der Waals surface area (Å²) in [5.74, 6) is 1.22. The number of rotatable bonds is 9. The van der Waals surface area contributed by atoms with E-state index in [0.29, 0.717) is 19.0 Å². The van der Waals surface area contributed by atoms with E-state index in [0.717, 1.165) is 36.7 Å². The number of nitrogens with zero attached hydrogens (tertiary/aromatic N) is 4. The fraction of sp³-hybridized carbons (Fsp3) is 0.542. The van der Waals surface area contributed by atoms with Crippen LogP contribution in [0.15, 0.2) is 47.7 Å². The van der Waals surface area contributed by atoms with Gasteiger partial charge in [0.1, 0.15) is 5.60 Å². The zero-order chi connectivity index (χ0) is 23.6. The van der Waals surface area contributed by atoms with E-state index in [9.17, 15) is 4.79 Å². The van der Waals surface area contributed by atoms with Crippen molar-refractivity contribution in [3.8, 4) is 0 Å². The molecule has 176 valence electrons. The first kappa shape index (κ1) is 25.2. The number of benzene rings is 1. The lowest BCUT2D eigenvalue weighted by atomic mass is 10.1. The van der Waals surface area contributed by atoms with E-state index < -0.39 is 5.60 Å². The molecule has 0 aliphatic rings. The fourth-order valence-electron chi connectivity index (χ4n) is 3.00. The van der Waals surface area contributed by atoms with Crippen LogP contribution in [0.5, 0.6) is 0 Å². The van der Waals surface area contributed by atoms with Crippen LogP contribution < -0.4 is 10.6 Å². The van der Waals surface area contributed by atoms with Crippen molar-refractivity contribution in [2.24, 2.45) is 10.9 Å². The van der Waals surface area contributed by atoms with Crippen LogP contribution in [-0.4, -0.2) is 52.5 Å². The van der Waals surface area contributed by atoms with Crippen LogP contribution in [0.2, 0.25) is 0 Å². The lowest BCUT2D eigenvalue weighted by molar-refractivity contribution is 0.0285. The zero-order valence-electron chi connectivity index (χ0n) is 20.3. The van der Waals surface area contributed by atoms with Crippen LogP contribution in [0, 0.1) is 5.92 Å². The summed E-state index contributed by atoms with van der Waals surface area (Å²) >= 11 is 0. The van der Waals surface area contributed by atoms with Gasteiger partial charge in [-0.25, -0.2) is 9.79 Å². The highest BCUT2D eigenvalue weighted by Crippen LogP contribution is 2.12. The van der Waals surface area contributed by atoms with Crippen molar-refractivity contribution in [3.05, 3.63) is 53.9 Å². The molecule has 8 heteroatoms. The maximum atomic E-state index is 12.1. The van der Waals surface area contributed by atoms with Crippen LogP contribution in [0.25, 0.3) is 0 Å². The average molecular weight is 443 g/mol. The second-order valence-electron chi connectivity index (χ2n) is 9.06. The summed E-state index contributed by atoms with van der Waals surface area (Å²) in [4.78, 5) is 18.4. The third-order valence-electron chi connectivity index (χ3n) is 4.59. The molecule has 0 aliphatic carbocycles. The van der Waals surface area contributed by atoms with Crippen molar-refractivity contribution >= 4 is 12.1 Å². The average Bonchev–Trinajstić information content (AvgIpc) is 3.22. The van der Waals surface area contributed by atoms with Gasteiger partial charge in [0.2, 0.25) is 0 Å². The molecule has 0 bridgehead atoms. The van der Waals surface area contributed by atoms with Gasteiger partial charge in [-0.15, -0.1) is 0 Å². The Morgan fingerprint density at radius 3 is 2.50 bits per heavy atom. The molecule has 2 N–H and O–H groups in total. The number of hydrogen-bond acceptors (Lipinski definition) is 4. The van der Waals surface area contributed by atoms with Gasteiger partial charge in [0.15, 0.2) is 5.96 Å². The molecule has 0 fully saturated rings. The third-order valence-corrected chi connectivity index (χ3v) is 4.59. The number of hydrogen-bond donors (Lipinski definition) is 2. The van der Waals surface area contributed by atoms with Gasteiger partial charge >= 0.3 is 6.09 Å². The van der Waals surface area contributed by atoms with Crippen molar-refractivity contribution in [2.45, 2.75) is 59.9 Å². The van der Waals surface area contributed by atoms with Gasteiger partial charge in [-0.1, -0.05) is 31.2 Å². The molecule has 0 spiro atoms. The van der Waals surface area contributed by atoms with E-state index in [1.54, 1.807) is 18.1 Å². The molecule has 1 amide bonds. The highest BCUT2D eigenvalue weighted by molar-refractivity contribution is 5.79. The normalized spacial score (nSPS) is 12.9. The minimum atomic E-state index is -0.498. The van der Waals surface area contributed by atoms with Gasteiger partial charge in [0.25, 0.3) is 0 Å². The number of nitrogens with one attached hydrogen (secondary N) is 2. The molecule has 0 radical (unpaired) electrons. The molecule has 1 aromatic heterocycles. The Balaban J connectivity index is 1.85. The van der Waals surface area contributed by atoms with E-state index >= 15 is 0 Å². The first-order valence-corrected chi connectivity index (χ1v) is 11.2. The second-order valence-corrected chi connectivity index (χ2v) is 9.06. The molecular formula is C24H38N6O2. The third kappa shape index (κ3) is 9.41. The molecule has 32 heavy (non-hydrogen) atoms. The summed E-state index contributed by atoms with van der Waals surface area (Å²) in [6.45, 7) is 13.4. The standard InChI is InChI=1S/C24H38N6O2/c1-7-25-22(26-15-19(2)17-30-14-8-13-28-30)27-16-20-9-11-21(12-10-20)18-29(6)23(31)32-24(3,4)5/h8-14,19H,7,15-18H2,1-6H3,(H2,25,26,27). The van der Waals surface area contributed by atoms with Gasteiger partial charge in [-0.3, -0.25) is 4.68 Å². The van der Waals surface area contributed by atoms with Gasteiger partial charge in [0.05, 0.1) is 6.54 Å². The Morgan fingerprint density at radius 2 is 1.91 bits per heavy atom. The van der Waals surface area contributed by atoms with Crippen LogP contribution in [0.3, 0.4) is 0 Å². The van der Waals surface area contributed by atoms with Crippen molar-refractivity contribution in [2.75, 3.05) is 20.1 Å². The van der Waals surface area contributed by atoms with Crippen LogP contribution in [-0.2, 0) is 24.4 Å². The Hall–Kier alpha value is -3.03. The molecule has 1 atom stereocenters. The summed E-state index contributed by atoms with van der Waals surface area (Å²) in [5, 5.41) is 11.0. The van der Waals surface area contributed by atoms with E-state index in [1.807, 2.05) is 62.0 Å². The number of amides is 1. The van der Waals surface area contributed by atoms with Crippen molar-refractivity contribution in [1.29, 1.82) is 0 Å². The van der Waals surface area contributed by atoms with E-state index in [-0.39, 0.29) is 6.09 Å². The minimum Gasteiger partial charge on any atom is -0.444 e. The summed E-state index contributed by atoms with van der Waals surface area (Å²) < 4.78 is 7.35. The number of carbonyl (C=O) groups is 1. The molecule has 0 saturated heterocycles. The molecule has 1 unspecified atom stereocenters. The Labute approximate surface area is 192 Å². The maximum Gasteiger partial charge on any atom is 0.410 e. The van der Waals surface area contributed by atoms with Gasteiger partial charge in [0, 0.05) is 45.6 Å². The van der Waals surface area contributed by atoms with E-state index in [2.05, 4.69) is 29.6 Å². The molecule has 8 nitrogen and oxygen atoms in total. The molecule has 1 aromatic carbocycles.